The number of rotatable bonds is 5. The Morgan fingerprint density at radius 1 is 1.30 bits per heavy atom. The lowest BCUT2D eigenvalue weighted by Gasteiger charge is -2.26. The molecule has 0 spiro atoms. The lowest BCUT2D eigenvalue weighted by molar-refractivity contribution is -0.120. The molecule has 2 rings (SSSR count). The van der Waals surface area contributed by atoms with Gasteiger partial charge in [-0.2, -0.15) is 5.26 Å². The van der Waals surface area contributed by atoms with E-state index in [1.54, 1.807) is 12.1 Å². The lowest BCUT2D eigenvalue weighted by Crippen LogP contribution is -2.41. The van der Waals surface area contributed by atoms with E-state index in [2.05, 4.69) is 16.3 Å². The Morgan fingerprint density at radius 2 is 2.00 bits per heavy atom. The number of carbonyl (C=O) groups is 1. The van der Waals surface area contributed by atoms with E-state index in [9.17, 15) is 4.79 Å². The van der Waals surface area contributed by atoms with Gasteiger partial charge in [0.1, 0.15) is 0 Å². The highest BCUT2D eigenvalue weighted by atomic mass is 16.5. The minimum absolute atomic E-state index is 0.0166. The number of amides is 1. The molecule has 1 fully saturated rings. The van der Waals surface area contributed by atoms with Crippen LogP contribution in [0.3, 0.4) is 0 Å². The summed E-state index contributed by atoms with van der Waals surface area (Å²) in [6.45, 7) is 4.95. The average Bonchev–Trinajstić information content (AvgIpc) is 2.49. The van der Waals surface area contributed by atoms with Crippen LogP contribution >= 0.6 is 0 Å². The summed E-state index contributed by atoms with van der Waals surface area (Å²) in [5.74, 6) is 0.0166. The maximum absolute atomic E-state index is 11.8. The van der Waals surface area contributed by atoms with Crippen molar-refractivity contribution >= 4 is 5.91 Å². The molecule has 1 N–H and O–H groups in total. The first-order chi connectivity index (χ1) is 9.78. The normalized spacial score (nSPS) is 15.6. The van der Waals surface area contributed by atoms with Crippen LogP contribution < -0.4 is 5.32 Å². The number of ether oxygens (including phenoxy) is 1. The highest BCUT2D eigenvalue weighted by Gasteiger charge is 2.10. The van der Waals surface area contributed by atoms with Gasteiger partial charge in [-0.15, -0.1) is 0 Å². The SMILES string of the molecule is N#Cc1ccc(CC(=O)NCCN2CCOCC2)cc1. The zero-order valence-corrected chi connectivity index (χ0v) is 11.5. The smallest absolute Gasteiger partial charge is 0.224 e. The maximum atomic E-state index is 11.8. The molecule has 1 saturated heterocycles. The molecule has 0 aliphatic carbocycles. The van der Waals surface area contributed by atoms with Crippen LogP contribution in [-0.2, 0) is 16.0 Å². The fraction of sp³-hybridized carbons (Fsp3) is 0.467. The molecule has 0 radical (unpaired) electrons. The van der Waals surface area contributed by atoms with Crippen molar-refractivity contribution in [1.29, 1.82) is 5.26 Å². The summed E-state index contributed by atoms with van der Waals surface area (Å²) in [6, 6.07) is 9.17. The van der Waals surface area contributed by atoms with Crippen molar-refractivity contribution in [2.45, 2.75) is 6.42 Å². The van der Waals surface area contributed by atoms with Crippen molar-refractivity contribution < 1.29 is 9.53 Å². The zero-order chi connectivity index (χ0) is 14.2. The fourth-order valence-electron chi connectivity index (χ4n) is 2.12. The van der Waals surface area contributed by atoms with Crippen LogP contribution in [-0.4, -0.2) is 50.2 Å². The van der Waals surface area contributed by atoms with Crippen LogP contribution in [0.2, 0.25) is 0 Å². The molecule has 20 heavy (non-hydrogen) atoms. The minimum atomic E-state index is 0.0166. The average molecular weight is 273 g/mol. The molecular weight excluding hydrogens is 254 g/mol. The van der Waals surface area contributed by atoms with Crippen molar-refractivity contribution in [3.05, 3.63) is 35.4 Å². The summed E-state index contributed by atoms with van der Waals surface area (Å²) < 4.78 is 5.27. The summed E-state index contributed by atoms with van der Waals surface area (Å²) in [6.07, 6.45) is 0.356. The summed E-state index contributed by atoms with van der Waals surface area (Å²) in [5.41, 5.74) is 1.54. The second kappa shape index (κ2) is 7.63. The van der Waals surface area contributed by atoms with E-state index < -0.39 is 0 Å². The predicted molar refractivity (Wildman–Crippen MR) is 75.1 cm³/mol. The number of nitrogens with one attached hydrogen (secondary N) is 1. The van der Waals surface area contributed by atoms with Crippen LogP contribution in [0, 0.1) is 11.3 Å². The van der Waals surface area contributed by atoms with E-state index in [1.165, 1.54) is 0 Å². The molecule has 5 nitrogen and oxygen atoms in total. The van der Waals surface area contributed by atoms with Crippen LogP contribution in [0.5, 0.6) is 0 Å². The van der Waals surface area contributed by atoms with E-state index in [-0.39, 0.29) is 5.91 Å². The Labute approximate surface area is 119 Å². The molecule has 0 atom stereocenters. The molecule has 1 aromatic carbocycles. The number of morpholine rings is 1. The Bertz CT molecular complexity index is 473. The van der Waals surface area contributed by atoms with Gasteiger partial charge in [0, 0.05) is 26.2 Å². The second-order valence-corrected chi connectivity index (χ2v) is 4.79. The molecule has 1 amide bonds. The van der Waals surface area contributed by atoms with Gasteiger partial charge < -0.3 is 10.1 Å². The Kier molecular flexibility index (Phi) is 5.54. The van der Waals surface area contributed by atoms with Crippen molar-refractivity contribution in [3.8, 4) is 6.07 Å². The first-order valence-electron chi connectivity index (χ1n) is 6.84. The Hall–Kier alpha value is -1.90. The second-order valence-electron chi connectivity index (χ2n) is 4.79. The third-order valence-corrected chi connectivity index (χ3v) is 3.30. The van der Waals surface area contributed by atoms with Crippen molar-refractivity contribution in [1.82, 2.24) is 10.2 Å². The van der Waals surface area contributed by atoms with Crippen molar-refractivity contribution in [2.75, 3.05) is 39.4 Å². The highest BCUT2D eigenvalue weighted by molar-refractivity contribution is 5.78. The van der Waals surface area contributed by atoms with Gasteiger partial charge in [0.2, 0.25) is 5.91 Å². The zero-order valence-electron chi connectivity index (χ0n) is 11.5. The quantitative estimate of drug-likeness (QED) is 0.851. The number of hydrogen-bond acceptors (Lipinski definition) is 4. The van der Waals surface area contributed by atoms with Gasteiger partial charge in [0.25, 0.3) is 0 Å². The number of carbonyl (C=O) groups excluding carboxylic acids is 1. The van der Waals surface area contributed by atoms with E-state index in [0.29, 0.717) is 18.5 Å². The first kappa shape index (κ1) is 14.5. The molecule has 0 bridgehead atoms. The van der Waals surface area contributed by atoms with Gasteiger partial charge in [-0.25, -0.2) is 0 Å². The topological polar surface area (TPSA) is 65.4 Å². The minimum Gasteiger partial charge on any atom is -0.379 e. The maximum Gasteiger partial charge on any atom is 0.224 e. The van der Waals surface area contributed by atoms with Crippen LogP contribution in [0.25, 0.3) is 0 Å². The van der Waals surface area contributed by atoms with E-state index in [0.717, 1.165) is 38.4 Å². The third-order valence-electron chi connectivity index (χ3n) is 3.30. The summed E-state index contributed by atoms with van der Waals surface area (Å²) in [4.78, 5) is 14.1. The van der Waals surface area contributed by atoms with Gasteiger partial charge in [-0.1, -0.05) is 12.1 Å². The standard InChI is InChI=1S/C15H19N3O2/c16-12-14-3-1-13(2-4-14)11-15(19)17-5-6-18-7-9-20-10-8-18/h1-4H,5-11H2,(H,17,19). The molecule has 5 heteroatoms. The highest BCUT2D eigenvalue weighted by Crippen LogP contribution is 2.04. The Balaban J connectivity index is 1.68. The molecule has 1 aliphatic heterocycles. The monoisotopic (exact) mass is 273 g/mol. The molecule has 1 aliphatic rings. The van der Waals surface area contributed by atoms with Gasteiger partial charge in [-0.3, -0.25) is 9.69 Å². The number of nitrogens with zero attached hydrogens (tertiary/aromatic N) is 2. The van der Waals surface area contributed by atoms with Gasteiger partial charge >= 0.3 is 0 Å². The summed E-state index contributed by atoms with van der Waals surface area (Å²) in [5, 5.41) is 11.6. The molecule has 1 aromatic rings. The molecule has 0 unspecified atom stereocenters. The number of nitriles is 1. The number of benzene rings is 1. The first-order valence-corrected chi connectivity index (χ1v) is 6.84. The lowest BCUT2D eigenvalue weighted by atomic mass is 10.1. The molecule has 0 aromatic heterocycles. The van der Waals surface area contributed by atoms with E-state index in [1.807, 2.05) is 12.1 Å². The van der Waals surface area contributed by atoms with Crippen LogP contribution in [0.15, 0.2) is 24.3 Å². The van der Waals surface area contributed by atoms with Crippen molar-refractivity contribution in [3.63, 3.8) is 0 Å². The Morgan fingerprint density at radius 3 is 2.65 bits per heavy atom. The summed E-state index contributed by atoms with van der Waals surface area (Å²) in [7, 11) is 0. The van der Waals surface area contributed by atoms with Gasteiger partial charge in [0.15, 0.2) is 0 Å². The molecule has 106 valence electrons. The van der Waals surface area contributed by atoms with Crippen molar-refractivity contribution in [2.24, 2.45) is 0 Å². The summed E-state index contributed by atoms with van der Waals surface area (Å²) >= 11 is 0. The number of hydrogen-bond donors (Lipinski definition) is 1. The molecule has 0 saturated carbocycles. The van der Waals surface area contributed by atoms with Crippen LogP contribution in [0.4, 0.5) is 0 Å². The van der Waals surface area contributed by atoms with Crippen LogP contribution in [0.1, 0.15) is 11.1 Å². The van der Waals surface area contributed by atoms with Gasteiger partial charge in [-0.05, 0) is 17.7 Å². The molecule has 1 heterocycles. The fourth-order valence-corrected chi connectivity index (χ4v) is 2.12. The largest absolute Gasteiger partial charge is 0.379 e. The third kappa shape index (κ3) is 4.65. The van der Waals surface area contributed by atoms with Gasteiger partial charge in [0.05, 0.1) is 31.3 Å². The van der Waals surface area contributed by atoms with E-state index >= 15 is 0 Å². The predicted octanol–water partition coefficient (Wildman–Crippen LogP) is 0.549. The molecular formula is C15H19N3O2. The van der Waals surface area contributed by atoms with E-state index in [4.69, 9.17) is 10.00 Å².